The average Bonchev–Trinajstić information content (AvgIpc) is 2.30. The van der Waals surface area contributed by atoms with Crippen molar-refractivity contribution in [2.45, 2.75) is 12.6 Å². The molecule has 98 valence electrons. The molecule has 1 amide bonds. The highest BCUT2D eigenvalue weighted by atomic mass is 16.4. The van der Waals surface area contributed by atoms with Crippen molar-refractivity contribution in [1.29, 1.82) is 0 Å². The number of rotatable bonds is 5. The molecular formula is C9H11N3O6. The third kappa shape index (κ3) is 3.56. The van der Waals surface area contributed by atoms with Gasteiger partial charge in [-0.1, -0.05) is 0 Å². The van der Waals surface area contributed by atoms with Crippen LogP contribution >= 0.6 is 0 Å². The number of aromatic amines is 1. The Morgan fingerprint density at radius 2 is 2.06 bits per heavy atom. The number of H-pyrrole nitrogens is 1. The molecule has 0 saturated heterocycles. The summed E-state index contributed by atoms with van der Waals surface area (Å²) in [5, 5.41) is 21.4. The number of amides is 1. The Morgan fingerprint density at radius 3 is 2.61 bits per heavy atom. The Morgan fingerprint density at radius 1 is 1.39 bits per heavy atom. The Bertz CT molecular complexity index is 560. The van der Waals surface area contributed by atoms with Gasteiger partial charge < -0.3 is 15.5 Å². The van der Waals surface area contributed by atoms with Crippen molar-refractivity contribution in [2.24, 2.45) is 0 Å². The van der Waals surface area contributed by atoms with Crippen molar-refractivity contribution in [3.63, 3.8) is 0 Å². The molecule has 1 aromatic heterocycles. The number of hydrogen-bond acceptors (Lipinski definition) is 5. The Balaban J connectivity index is 2.76. The van der Waals surface area contributed by atoms with E-state index in [2.05, 4.69) is 5.10 Å². The molecule has 0 unspecified atom stereocenters. The summed E-state index contributed by atoms with van der Waals surface area (Å²) in [5.41, 5.74) is -1.18. The van der Waals surface area contributed by atoms with Gasteiger partial charge in [0.05, 0.1) is 6.61 Å². The number of carboxylic acids is 1. The molecule has 0 fully saturated rings. The predicted molar refractivity (Wildman–Crippen MR) is 58.0 cm³/mol. The SMILES string of the molecule is O=C(Cn1[nH]c(=O)ccc1=O)N[C@H](CO)C(=O)O. The van der Waals surface area contributed by atoms with Crippen LogP contribution in [0.2, 0.25) is 0 Å². The highest BCUT2D eigenvalue weighted by molar-refractivity contribution is 5.83. The van der Waals surface area contributed by atoms with Gasteiger partial charge in [-0.15, -0.1) is 0 Å². The van der Waals surface area contributed by atoms with Gasteiger partial charge in [0.1, 0.15) is 12.6 Å². The minimum Gasteiger partial charge on any atom is -0.480 e. The number of aliphatic hydroxyl groups is 1. The Kier molecular flexibility index (Phi) is 4.38. The average molecular weight is 257 g/mol. The van der Waals surface area contributed by atoms with Gasteiger partial charge in [-0.3, -0.25) is 19.5 Å². The quantitative estimate of drug-likeness (QED) is 0.445. The van der Waals surface area contributed by atoms with E-state index in [0.717, 1.165) is 16.8 Å². The van der Waals surface area contributed by atoms with E-state index in [1.807, 2.05) is 5.32 Å². The molecule has 0 saturated carbocycles. The lowest BCUT2D eigenvalue weighted by molar-refractivity contribution is -0.143. The second-order valence-electron chi connectivity index (χ2n) is 3.37. The summed E-state index contributed by atoms with van der Waals surface area (Å²) in [5.74, 6) is -2.22. The number of carbonyl (C=O) groups excluding carboxylic acids is 1. The topological polar surface area (TPSA) is 141 Å². The highest BCUT2D eigenvalue weighted by Crippen LogP contribution is 1.84. The van der Waals surface area contributed by atoms with Gasteiger partial charge in [-0.2, -0.15) is 0 Å². The molecule has 4 N–H and O–H groups in total. The van der Waals surface area contributed by atoms with E-state index in [1.54, 1.807) is 0 Å². The summed E-state index contributed by atoms with van der Waals surface area (Å²) >= 11 is 0. The first-order chi connectivity index (χ1) is 8.43. The number of hydrogen-bond donors (Lipinski definition) is 4. The molecule has 9 heteroatoms. The van der Waals surface area contributed by atoms with E-state index >= 15 is 0 Å². The summed E-state index contributed by atoms with van der Waals surface area (Å²) in [7, 11) is 0. The molecule has 0 aliphatic heterocycles. The first-order valence-corrected chi connectivity index (χ1v) is 4.87. The van der Waals surface area contributed by atoms with Crippen molar-refractivity contribution >= 4 is 11.9 Å². The van der Waals surface area contributed by atoms with Gasteiger partial charge in [-0.05, 0) is 0 Å². The molecule has 18 heavy (non-hydrogen) atoms. The standard InChI is InChI=1S/C9H11N3O6/c13-4-5(9(17)18)10-7(15)3-12-8(16)2-1-6(14)11-12/h1-2,5,13H,3-4H2,(H,10,15)(H,11,14)(H,17,18)/t5-/m1/s1. The van der Waals surface area contributed by atoms with Crippen LogP contribution in [-0.2, 0) is 16.1 Å². The number of carboxylic acid groups (broad SMARTS) is 1. The van der Waals surface area contributed by atoms with E-state index in [-0.39, 0.29) is 0 Å². The molecule has 9 nitrogen and oxygen atoms in total. The lowest BCUT2D eigenvalue weighted by Gasteiger charge is -2.11. The van der Waals surface area contributed by atoms with Gasteiger partial charge in [0, 0.05) is 12.1 Å². The van der Waals surface area contributed by atoms with Crippen molar-refractivity contribution in [1.82, 2.24) is 15.1 Å². The maximum atomic E-state index is 11.4. The number of nitrogens with one attached hydrogen (secondary N) is 2. The first kappa shape index (κ1) is 13.6. The molecular weight excluding hydrogens is 246 g/mol. The van der Waals surface area contributed by atoms with E-state index < -0.39 is 42.2 Å². The first-order valence-electron chi connectivity index (χ1n) is 4.87. The van der Waals surface area contributed by atoms with Crippen LogP contribution in [0.1, 0.15) is 0 Å². The zero-order chi connectivity index (χ0) is 13.7. The fourth-order valence-electron chi connectivity index (χ4n) is 1.15. The molecule has 0 radical (unpaired) electrons. The number of carbonyl (C=O) groups is 2. The molecule has 1 rings (SSSR count). The van der Waals surface area contributed by atoms with Crippen LogP contribution in [0.3, 0.4) is 0 Å². The molecule has 0 bridgehead atoms. The molecule has 0 aromatic carbocycles. The van der Waals surface area contributed by atoms with Crippen LogP contribution in [0.15, 0.2) is 21.7 Å². The smallest absolute Gasteiger partial charge is 0.328 e. The second kappa shape index (κ2) is 5.77. The second-order valence-corrected chi connectivity index (χ2v) is 3.37. The number of aliphatic carboxylic acids is 1. The number of aromatic nitrogens is 2. The van der Waals surface area contributed by atoms with Crippen molar-refractivity contribution in [2.75, 3.05) is 6.61 Å². The normalized spacial score (nSPS) is 11.8. The minimum absolute atomic E-state index is 0.543. The third-order valence-electron chi connectivity index (χ3n) is 2.01. The van der Waals surface area contributed by atoms with Crippen LogP contribution in [0.4, 0.5) is 0 Å². The lowest BCUT2D eigenvalue weighted by Crippen LogP contribution is -2.46. The summed E-state index contributed by atoms with van der Waals surface area (Å²) < 4.78 is 0.730. The van der Waals surface area contributed by atoms with Crippen molar-refractivity contribution in [3.05, 3.63) is 32.8 Å². The van der Waals surface area contributed by atoms with Crippen molar-refractivity contribution in [3.8, 4) is 0 Å². The van der Waals surface area contributed by atoms with Crippen molar-refractivity contribution < 1.29 is 19.8 Å². The summed E-state index contributed by atoms with van der Waals surface area (Å²) in [6.45, 7) is -1.32. The van der Waals surface area contributed by atoms with Crippen LogP contribution in [0.25, 0.3) is 0 Å². The summed E-state index contributed by atoms with van der Waals surface area (Å²) in [6.07, 6.45) is 0. The van der Waals surface area contributed by atoms with Crippen LogP contribution in [0.5, 0.6) is 0 Å². The van der Waals surface area contributed by atoms with Gasteiger partial charge >= 0.3 is 5.97 Å². The van der Waals surface area contributed by atoms with Gasteiger partial charge in [0.2, 0.25) is 5.91 Å². The van der Waals surface area contributed by atoms with E-state index in [0.29, 0.717) is 0 Å². The van der Waals surface area contributed by atoms with Crippen LogP contribution in [0, 0.1) is 0 Å². The fraction of sp³-hybridized carbons (Fsp3) is 0.333. The minimum atomic E-state index is -1.45. The molecule has 1 atom stereocenters. The summed E-state index contributed by atoms with van der Waals surface area (Å²) in [6, 6.07) is 0.529. The van der Waals surface area contributed by atoms with Gasteiger partial charge in [-0.25, -0.2) is 9.48 Å². The van der Waals surface area contributed by atoms with Crippen LogP contribution in [-0.4, -0.2) is 44.5 Å². The largest absolute Gasteiger partial charge is 0.480 e. The zero-order valence-corrected chi connectivity index (χ0v) is 9.12. The highest BCUT2D eigenvalue weighted by Gasteiger charge is 2.18. The third-order valence-corrected chi connectivity index (χ3v) is 2.01. The Hall–Kier alpha value is -2.42. The molecule has 0 aliphatic rings. The fourth-order valence-corrected chi connectivity index (χ4v) is 1.15. The summed E-state index contributed by atoms with van der Waals surface area (Å²) in [4.78, 5) is 44.1. The van der Waals surface area contributed by atoms with E-state index in [9.17, 15) is 19.2 Å². The number of nitrogens with zero attached hydrogens (tertiary/aromatic N) is 1. The maximum Gasteiger partial charge on any atom is 0.328 e. The van der Waals surface area contributed by atoms with Gasteiger partial charge in [0.15, 0.2) is 0 Å². The lowest BCUT2D eigenvalue weighted by atomic mass is 10.3. The maximum absolute atomic E-state index is 11.4. The van der Waals surface area contributed by atoms with E-state index in [1.165, 1.54) is 0 Å². The number of aliphatic hydroxyl groups excluding tert-OH is 1. The van der Waals surface area contributed by atoms with E-state index in [4.69, 9.17) is 10.2 Å². The molecule has 1 aromatic rings. The monoisotopic (exact) mass is 257 g/mol. The zero-order valence-electron chi connectivity index (χ0n) is 9.12. The molecule has 0 spiro atoms. The van der Waals surface area contributed by atoms with Crippen LogP contribution < -0.4 is 16.4 Å². The molecule has 1 heterocycles. The predicted octanol–water partition coefficient (Wildman–Crippen LogP) is -2.90. The Labute approximate surface area is 99.7 Å². The molecule has 0 aliphatic carbocycles. The van der Waals surface area contributed by atoms with Gasteiger partial charge in [0.25, 0.3) is 11.1 Å².